The summed E-state index contributed by atoms with van der Waals surface area (Å²) in [6, 6.07) is 6.37. The van der Waals surface area contributed by atoms with Gasteiger partial charge in [0.25, 0.3) is 0 Å². The molecular formula is C17H26N2O2. The molecule has 2 N–H and O–H groups in total. The number of fused-ring (bicyclic) bond motifs is 1. The monoisotopic (exact) mass is 290 g/mol. The van der Waals surface area contributed by atoms with E-state index in [4.69, 9.17) is 10.5 Å². The highest BCUT2D eigenvalue weighted by atomic mass is 16.6. The number of anilines is 1. The Hall–Kier alpha value is -1.55. The summed E-state index contributed by atoms with van der Waals surface area (Å²) in [4.78, 5) is 13.9. The largest absolute Gasteiger partial charge is 0.443 e. The van der Waals surface area contributed by atoms with Gasteiger partial charge in [-0.15, -0.1) is 0 Å². The normalized spacial score (nSPS) is 14.2. The van der Waals surface area contributed by atoms with E-state index in [1.54, 1.807) is 4.90 Å². The fraction of sp³-hybridized carbons (Fsp3) is 0.588. The molecule has 4 nitrogen and oxygen atoms in total. The summed E-state index contributed by atoms with van der Waals surface area (Å²) in [7, 11) is 0. The Balaban J connectivity index is 2.05. The average molecular weight is 290 g/mol. The van der Waals surface area contributed by atoms with E-state index >= 15 is 0 Å². The standard InChI is InChI=1S/C17H26N2O2/c1-17(2,3)21-16(20)19-11-9-14-12-13(6-4-5-10-18)7-8-15(14)19/h7-8,12H,4-6,9-11,18H2,1-3H3. The molecule has 0 atom stereocenters. The highest BCUT2D eigenvalue weighted by Gasteiger charge is 2.28. The molecule has 1 aliphatic rings. The number of hydrogen-bond acceptors (Lipinski definition) is 3. The molecule has 21 heavy (non-hydrogen) atoms. The number of benzene rings is 1. The van der Waals surface area contributed by atoms with Gasteiger partial charge in [0.05, 0.1) is 5.69 Å². The average Bonchev–Trinajstić information content (AvgIpc) is 2.80. The smallest absolute Gasteiger partial charge is 0.414 e. The predicted molar refractivity (Wildman–Crippen MR) is 85.7 cm³/mol. The third-order valence-electron chi connectivity index (χ3n) is 3.57. The number of unbranched alkanes of at least 4 members (excludes halogenated alkanes) is 1. The number of aryl methyl sites for hydroxylation is 1. The fourth-order valence-electron chi connectivity index (χ4n) is 2.59. The van der Waals surface area contributed by atoms with Gasteiger partial charge in [-0.3, -0.25) is 4.90 Å². The second-order valence-corrected chi connectivity index (χ2v) is 6.59. The van der Waals surface area contributed by atoms with Crippen LogP contribution in [0, 0.1) is 0 Å². The molecule has 0 saturated carbocycles. The van der Waals surface area contributed by atoms with Crippen LogP contribution < -0.4 is 10.6 Å². The van der Waals surface area contributed by atoms with Crippen molar-refractivity contribution < 1.29 is 9.53 Å². The molecule has 0 unspecified atom stereocenters. The Morgan fingerprint density at radius 3 is 2.76 bits per heavy atom. The summed E-state index contributed by atoms with van der Waals surface area (Å²) in [5.41, 5.74) is 8.63. The van der Waals surface area contributed by atoms with Gasteiger partial charge in [-0.1, -0.05) is 12.1 Å². The number of rotatable bonds is 4. The zero-order valence-electron chi connectivity index (χ0n) is 13.3. The maximum Gasteiger partial charge on any atom is 0.414 e. The van der Waals surface area contributed by atoms with Crippen LogP contribution in [0.1, 0.15) is 44.7 Å². The number of carbonyl (C=O) groups excluding carboxylic acids is 1. The van der Waals surface area contributed by atoms with Crippen molar-refractivity contribution in [1.29, 1.82) is 0 Å². The molecule has 4 heteroatoms. The van der Waals surface area contributed by atoms with Crippen molar-refractivity contribution in [3.8, 4) is 0 Å². The van der Waals surface area contributed by atoms with Gasteiger partial charge in [0.2, 0.25) is 0 Å². The van der Waals surface area contributed by atoms with Crippen molar-refractivity contribution >= 4 is 11.8 Å². The van der Waals surface area contributed by atoms with Crippen LogP contribution in [0.2, 0.25) is 0 Å². The van der Waals surface area contributed by atoms with Gasteiger partial charge in [0.15, 0.2) is 0 Å². The maximum absolute atomic E-state index is 12.2. The van der Waals surface area contributed by atoms with E-state index in [2.05, 4.69) is 12.1 Å². The van der Waals surface area contributed by atoms with E-state index in [0.29, 0.717) is 6.54 Å². The third kappa shape index (κ3) is 4.21. The van der Waals surface area contributed by atoms with Crippen molar-refractivity contribution in [2.24, 2.45) is 5.73 Å². The Morgan fingerprint density at radius 2 is 2.10 bits per heavy atom. The highest BCUT2D eigenvalue weighted by Crippen LogP contribution is 2.30. The number of amides is 1. The SMILES string of the molecule is CC(C)(C)OC(=O)N1CCc2cc(CCCCN)ccc21. The van der Waals surface area contributed by atoms with Crippen LogP contribution >= 0.6 is 0 Å². The number of nitrogens with two attached hydrogens (primary N) is 1. The van der Waals surface area contributed by atoms with Crippen molar-refractivity contribution in [2.45, 2.75) is 52.1 Å². The van der Waals surface area contributed by atoms with E-state index in [1.165, 1.54) is 11.1 Å². The lowest BCUT2D eigenvalue weighted by atomic mass is 10.0. The van der Waals surface area contributed by atoms with Crippen LogP contribution in [0.15, 0.2) is 18.2 Å². The van der Waals surface area contributed by atoms with E-state index in [-0.39, 0.29) is 6.09 Å². The first-order valence-electron chi connectivity index (χ1n) is 7.73. The molecule has 0 aliphatic carbocycles. The Labute approximate surface area is 127 Å². The zero-order valence-corrected chi connectivity index (χ0v) is 13.3. The van der Waals surface area contributed by atoms with Gasteiger partial charge in [-0.25, -0.2) is 4.79 Å². The first kappa shape index (κ1) is 15.8. The molecule has 0 radical (unpaired) electrons. The number of carbonyl (C=O) groups is 1. The van der Waals surface area contributed by atoms with Crippen molar-refractivity contribution in [1.82, 2.24) is 0 Å². The summed E-state index contributed by atoms with van der Waals surface area (Å²) < 4.78 is 5.46. The van der Waals surface area contributed by atoms with E-state index in [9.17, 15) is 4.79 Å². The quantitative estimate of drug-likeness (QED) is 0.866. The molecule has 1 aromatic rings. The Bertz CT molecular complexity index is 506. The highest BCUT2D eigenvalue weighted by molar-refractivity contribution is 5.90. The van der Waals surface area contributed by atoms with E-state index in [0.717, 1.165) is 37.9 Å². The van der Waals surface area contributed by atoms with Gasteiger partial charge in [-0.2, -0.15) is 0 Å². The number of hydrogen-bond donors (Lipinski definition) is 1. The second kappa shape index (κ2) is 6.48. The molecule has 1 amide bonds. The molecule has 0 bridgehead atoms. The number of ether oxygens (including phenoxy) is 1. The summed E-state index contributed by atoms with van der Waals surface area (Å²) in [6.07, 6.45) is 3.87. The lowest BCUT2D eigenvalue weighted by Crippen LogP contribution is -2.35. The van der Waals surface area contributed by atoms with Gasteiger partial charge in [-0.05, 0) is 70.2 Å². The number of nitrogens with zero attached hydrogens (tertiary/aromatic N) is 1. The maximum atomic E-state index is 12.2. The Kier molecular flexibility index (Phi) is 4.88. The predicted octanol–water partition coefficient (Wildman–Crippen LogP) is 3.27. The molecule has 0 spiro atoms. The lowest BCUT2D eigenvalue weighted by molar-refractivity contribution is 0.0584. The molecular weight excluding hydrogens is 264 g/mol. The van der Waals surface area contributed by atoms with Gasteiger partial charge < -0.3 is 10.5 Å². The zero-order chi connectivity index (χ0) is 15.5. The van der Waals surface area contributed by atoms with Gasteiger partial charge in [0.1, 0.15) is 5.60 Å². The summed E-state index contributed by atoms with van der Waals surface area (Å²) in [6.45, 7) is 7.13. The third-order valence-corrected chi connectivity index (χ3v) is 3.57. The molecule has 0 aromatic heterocycles. The summed E-state index contributed by atoms with van der Waals surface area (Å²) in [5, 5.41) is 0. The molecule has 1 aliphatic heterocycles. The topological polar surface area (TPSA) is 55.6 Å². The fourth-order valence-corrected chi connectivity index (χ4v) is 2.59. The molecule has 1 heterocycles. The van der Waals surface area contributed by atoms with E-state index in [1.807, 2.05) is 26.8 Å². The Morgan fingerprint density at radius 1 is 1.33 bits per heavy atom. The van der Waals surface area contributed by atoms with Crippen molar-refractivity contribution in [2.75, 3.05) is 18.0 Å². The van der Waals surface area contributed by atoms with E-state index < -0.39 is 5.60 Å². The first-order valence-corrected chi connectivity index (χ1v) is 7.73. The van der Waals surface area contributed by atoms with Crippen LogP contribution in [0.4, 0.5) is 10.5 Å². The first-order chi connectivity index (χ1) is 9.90. The molecule has 0 fully saturated rings. The lowest BCUT2D eigenvalue weighted by Gasteiger charge is -2.24. The van der Waals surface area contributed by atoms with Crippen LogP contribution in [0.25, 0.3) is 0 Å². The van der Waals surface area contributed by atoms with Crippen molar-refractivity contribution in [3.05, 3.63) is 29.3 Å². The minimum atomic E-state index is -0.456. The molecule has 1 aromatic carbocycles. The van der Waals surface area contributed by atoms with Gasteiger partial charge in [0, 0.05) is 6.54 Å². The van der Waals surface area contributed by atoms with Crippen LogP contribution in [-0.4, -0.2) is 24.8 Å². The minimum absolute atomic E-state index is 0.253. The summed E-state index contributed by atoms with van der Waals surface area (Å²) in [5.74, 6) is 0. The van der Waals surface area contributed by atoms with Crippen LogP contribution in [0.5, 0.6) is 0 Å². The molecule has 116 valence electrons. The van der Waals surface area contributed by atoms with Gasteiger partial charge >= 0.3 is 6.09 Å². The second-order valence-electron chi connectivity index (χ2n) is 6.59. The van der Waals surface area contributed by atoms with Crippen LogP contribution in [-0.2, 0) is 17.6 Å². The molecule has 0 saturated heterocycles. The van der Waals surface area contributed by atoms with Crippen LogP contribution in [0.3, 0.4) is 0 Å². The summed E-state index contributed by atoms with van der Waals surface area (Å²) >= 11 is 0. The minimum Gasteiger partial charge on any atom is -0.443 e. The van der Waals surface area contributed by atoms with Crippen molar-refractivity contribution in [3.63, 3.8) is 0 Å². The molecule has 2 rings (SSSR count).